The maximum Gasteiger partial charge on any atom is 0.508 e. The SMILES string of the molecule is CCCCCCCCCCCCCCCCCCCCCCOC(=O)OC(C)C(C)C. The number of hydrogen-bond acceptors (Lipinski definition) is 3. The summed E-state index contributed by atoms with van der Waals surface area (Å²) < 4.78 is 10.3. The van der Waals surface area contributed by atoms with Gasteiger partial charge in [0.05, 0.1) is 6.61 Å². The first-order valence-electron chi connectivity index (χ1n) is 13.9. The van der Waals surface area contributed by atoms with Gasteiger partial charge in [0.1, 0.15) is 6.10 Å². The fourth-order valence-electron chi connectivity index (χ4n) is 3.83. The zero-order chi connectivity index (χ0) is 23.0. The number of carbonyl (C=O) groups is 1. The Balaban J connectivity index is 3.13. The molecule has 1 atom stereocenters. The molecule has 186 valence electrons. The van der Waals surface area contributed by atoms with E-state index >= 15 is 0 Å². The topological polar surface area (TPSA) is 35.5 Å². The van der Waals surface area contributed by atoms with E-state index in [9.17, 15) is 4.79 Å². The molecule has 0 saturated carbocycles. The van der Waals surface area contributed by atoms with Crippen molar-refractivity contribution in [2.75, 3.05) is 6.61 Å². The highest BCUT2D eigenvalue weighted by Gasteiger charge is 2.13. The summed E-state index contributed by atoms with van der Waals surface area (Å²) in [4.78, 5) is 11.5. The fourth-order valence-corrected chi connectivity index (χ4v) is 3.83. The average Bonchev–Trinajstić information content (AvgIpc) is 2.74. The van der Waals surface area contributed by atoms with Crippen molar-refractivity contribution in [2.24, 2.45) is 5.92 Å². The maximum absolute atomic E-state index is 11.5. The Morgan fingerprint density at radius 2 is 0.871 bits per heavy atom. The van der Waals surface area contributed by atoms with E-state index < -0.39 is 6.16 Å². The lowest BCUT2D eigenvalue weighted by molar-refractivity contribution is 0.0140. The van der Waals surface area contributed by atoms with E-state index in [0.717, 1.165) is 12.8 Å². The molecule has 3 nitrogen and oxygen atoms in total. The quantitative estimate of drug-likeness (QED) is 0.117. The Kier molecular flexibility index (Phi) is 23.4. The van der Waals surface area contributed by atoms with Crippen molar-refractivity contribution in [1.82, 2.24) is 0 Å². The van der Waals surface area contributed by atoms with Crippen LogP contribution in [0.25, 0.3) is 0 Å². The van der Waals surface area contributed by atoms with Gasteiger partial charge in [-0.3, -0.25) is 0 Å². The number of carbonyl (C=O) groups excluding carboxylic acids is 1. The Bertz CT molecular complexity index is 367. The van der Waals surface area contributed by atoms with Crippen molar-refractivity contribution < 1.29 is 14.3 Å². The van der Waals surface area contributed by atoms with Crippen LogP contribution in [-0.2, 0) is 9.47 Å². The van der Waals surface area contributed by atoms with Crippen LogP contribution in [0.5, 0.6) is 0 Å². The van der Waals surface area contributed by atoms with Crippen LogP contribution in [0, 0.1) is 5.92 Å². The van der Waals surface area contributed by atoms with E-state index in [-0.39, 0.29) is 6.10 Å². The second-order valence-electron chi connectivity index (χ2n) is 9.88. The third kappa shape index (κ3) is 23.8. The highest BCUT2D eigenvalue weighted by molar-refractivity contribution is 5.60. The van der Waals surface area contributed by atoms with Gasteiger partial charge in [-0.2, -0.15) is 0 Å². The molecule has 0 aromatic heterocycles. The molecule has 0 aliphatic carbocycles. The van der Waals surface area contributed by atoms with Crippen molar-refractivity contribution >= 4 is 6.16 Å². The predicted octanol–water partition coefficient (Wildman–Crippen LogP) is 10.0. The van der Waals surface area contributed by atoms with Crippen molar-refractivity contribution in [3.05, 3.63) is 0 Å². The van der Waals surface area contributed by atoms with Crippen LogP contribution in [0.1, 0.15) is 156 Å². The van der Waals surface area contributed by atoms with Crippen LogP contribution < -0.4 is 0 Å². The molecule has 0 spiro atoms. The Hall–Kier alpha value is -0.730. The lowest BCUT2D eigenvalue weighted by Gasteiger charge is -2.16. The molecular formula is C28H56O3. The summed E-state index contributed by atoms with van der Waals surface area (Å²) >= 11 is 0. The van der Waals surface area contributed by atoms with E-state index in [4.69, 9.17) is 9.47 Å². The molecule has 0 rings (SSSR count). The summed E-state index contributed by atoms with van der Waals surface area (Å²) in [6.07, 6.45) is 26.9. The first kappa shape index (κ1) is 30.3. The summed E-state index contributed by atoms with van der Waals surface area (Å²) in [6, 6.07) is 0. The molecule has 31 heavy (non-hydrogen) atoms. The van der Waals surface area contributed by atoms with Crippen molar-refractivity contribution in [3.8, 4) is 0 Å². The van der Waals surface area contributed by atoms with Crippen LogP contribution >= 0.6 is 0 Å². The van der Waals surface area contributed by atoms with E-state index in [0.29, 0.717) is 12.5 Å². The smallest absolute Gasteiger partial charge is 0.434 e. The average molecular weight is 441 g/mol. The second kappa shape index (κ2) is 23.9. The van der Waals surface area contributed by atoms with Crippen molar-refractivity contribution in [3.63, 3.8) is 0 Å². The lowest BCUT2D eigenvalue weighted by atomic mass is 10.0. The molecule has 0 N–H and O–H groups in total. The van der Waals surface area contributed by atoms with Crippen molar-refractivity contribution in [2.45, 2.75) is 162 Å². The van der Waals surface area contributed by atoms with Gasteiger partial charge in [0.2, 0.25) is 0 Å². The van der Waals surface area contributed by atoms with Crippen LogP contribution in [0.15, 0.2) is 0 Å². The molecule has 0 saturated heterocycles. The largest absolute Gasteiger partial charge is 0.508 e. The molecule has 0 aliphatic heterocycles. The minimum Gasteiger partial charge on any atom is -0.434 e. The molecule has 0 aromatic rings. The van der Waals surface area contributed by atoms with Gasteiger partial charge < -0.3 is 9.47 Å². The Labute approximate surface area is 195 Å². The number of unbranched alkanes of at least 4 members (excludes halogenated alkanes) is 19. The lowest BCUT2D eigenvalue weighted by Crippen LogP contribution is -2.21. The standard InChI is InChI=1S/C28H56O3/c1-5-6-7-8-9-10-11-12-13-14-15-16-17-18-19-20-21-22-23-24-25-30-28(29)31-27(4)26(2)3/h26-27H,5-25H2,1-4H3. The zero-order valence-corrected chi connectivity index (χ0v) is 21.7. The third-order valence-corrected chi connectivity index (χ3v) is 6.44. The van der Waals surface area contributed by atoms with Gasteiger partial charge in [-0.15, -0.1) is 0 Å². The van der Waals surface area contributed by atoms with Crippen LogP contribution in [0.4, 0.5) is 4.79 Å². The van der Waals surface area contributed by atoms with E-state index in [1.54, 1.807) is 0 Å². The van der Waals surface area contributed by atoms with Gasteiger partial charge in [-0.1, -0.05) is 143 Å². The number of ether oxygens (including phenoxy) is 2. The van der Waals surface area contributed by atoms with E-state index in [2.05, 4.69) is 6.92 Å². The molecular weight excluding hydrogens is 384 g/mol. The predicted molar refractivity (Wildman–Crippen MR) is 135 cm³/mol. The minimum atomic E-state index is -0.515. The summed E-state index contributed by atoms with van der Waals surface area (Å²) in [5.41, 5.74) is 0. The van der Waals surface area contributed by atoms with Crippen LogP contribution in [0.2, 0.25) is 0 Å². The monoisotopic (exact) mass is 440 g/mol. The third-order valence-electron chi connectivity index (χ3n) is 6.44. The molecule has 0 amide bonds. The van der Waals surface area contributed by atoms with Crippen LogP contribution in [0.3, 0.4) is 0 Å². The van der Waals surface area contributed by atoms with Gasteiger partial charge in [0.15, 0.2) is 0 Å². The molecule has 0 bridgehead atoms. The zero-order valence-electron chi connectivity index (χ0n) is 21.7. The summed E-state index contributed by atoms with van der Waals surface area (Å²) in [5.74, 6) is 0.326. The van der Waals surface area contributed by atoms with Gasteiger partial charge in [0.25, 0.3) is 0 Å². The summed E-state index contributed by atoms with van der Waals surface area (Å²) in [6.45, 7) is 8.76. The highest BCUT2D eigenvalue weighted by Crippen LogP contribution is 2.15. The first-order chi connectivity index (χ1) is 15.1. The Morgan fingerprint density at radius 1 is 0.548 bits per heavy atom. The van der Waals surface area contributed by atoms with Gasteiger partial charge >= 0.3 is 6.16 Å². The number of hydrogen-bond donors (Lipinski definition) is 0. The normalized spacial score (nSPS) is 12.3. The molecule has 1 unspecified atom stereocenters. The minimum absolute atomic E-state index is 0.0811. The molecule has 0 aliphatic rings. The van der Waals surface area contributed by atoms with Crippen LogP contribution in [-0.4, -0.2) is 18.9 Å². The molecule has 0 aromatic carbocycles. The molecule has 3 heteroatoms. The van der Waals surface area contributed by atoms with Gasteiger partial charge in [-0.25, -0.2) is 4.79 Å². The molecule has 0 fully saturated rings. The maximum atomic E-state index is 11.5. The molecule has 0 heterocycles. The summed E-state index contributed by atoms with van der Waals surface area (Å²) in [7, 11) is 0. The Morgan fingerprint density at radius 3 is 1.19 bits per heavy atom. The second-order valence-corrected chi connectivity index (χ2v) is 9.88. The van der Waals surface area contributed by atoms with Gasteiger partial charge in [0, 0.05) is 0 Å². The van der Waals surface area contributed by atoms with E-state index in [1.807, 2.05) is 20.8 Å². The number of rotatable bonds is 23. The van der Waals surface area contributed by atoms with Gasteiger partial charge in [-0.05, 0) is 19.3 Å². The summed E-state index contributed by atoms with van der Waals surface area (Å²) in [5, 5.41) is 0. The first-order valence-corrected chi connectivity index (χ1v) is 13.9. The highest BCUT2D eigenvalue weighted by atomic mass is 16.7. The van der Waals surface area contributed by atoms with E-state index in [1.165, 1.54) is 116 Å². The fraction of sp³-hybridized carbons (Fsp3) is 0.964. The molecule has 0 radical (unpaired) electrons. The van der Waals surface area contributed by atoms with Crippen molar-refractivity contribution in [1.29, 1.82) is 0 Å².